The molecule has 2 aliphatic heterocycles. The van der Waals surface area contributed by atoms with Crippen LogP contribution in [0, 0.1) is 17.7 Å². The summed E-state index contributed by atoms with van der Waals surface area (Å²) < 4.78 is 13.0. The number of carbonyl (C=O) groups excluding carboxylic acids is 1. The number of hydrogen-bond acceptors (Lipinski definition) is 3. The molecular formula is C21H31FN4OS. The van der Waals surface area contributed by atoms with Gasteiger partial charge in [0.05, 0.1) is 6.54 Å². The summed E-state index contributed by atoms with van der Waals surface area (Å²) >= 11 is 5.50. The molecule has 0 spiro atoms. The molecule has 1 amide bonds. The second kappa shape index (κ2) is 9.65. The first-order valence-electron chi connectivity index (χ1n) is 10.2. The highest BCUT2D eigenvalue weighted by Crippen LogP contribution is 2.21. The third-order valence-corrected chi connectivity index (χ3v) is 6.00. The van der Waals surface area contributed by atoms with Gasteiger partial charge in [0.2, 0.25) is 5.91 Å². The molecule has 0 radical (unpaired) electrons. The van der Waals surface area contributed by atoms with Crippen LogP contribution in [0.3, 0.4) is 0 Å². The largest absolute Gasteiger partial charge is 0.358 e. The van der Waals surface area contributed by atoms with E-state index >= 15 is 0 Å². The van der Waals surface area contributed by atoms with Gasteiger partial charge in [0, 0.05) is 45.8 Å². The second-order valence-corrected chi connectivity index (χ2v) is 8.68. The summed E-state index contributed by atoms with van der Waals surface area (Å²) in [6.07, 6.45) is 1.21. The van der Waals surface area contributed by atoms with Gasteiger partial charge in [-0.05, 0) is 48.2 Å². The number of halogens is 1. The maximum atomic E-state index is 13.0. The fourth-order valence-electron chi connectivity index (χ4n) is 4.16. The zero-order chi connectivity index (χ0) is 20.1. The Balaban J connectivity index is 1.39. The van der Waals surface area contributed by atoms with E-state index < -0.39 is 0 Å². The number of nitrogens with zero attached hydrogens (tertiary/aromatic N) is 3. The summed E-state index contributed by atoms with van der Waals surface area (Å²) in [6, 6.07) is 6.44. The van der Waals surface area contributed by atoms with Gasteiger partial charge in [-0.3, -0.25) is 9.69 Å². The van der Waals surface area contributed by atoms with Crippen molar-refractivity contribution in [3.05, 3.63) is 35.6 Å². The number of rotatable bonds is 4. The van der Waals surface area contributed by atoms with Gasteiger partial charge in [-0.25, -0.2) is 4.39 Å². The summed E-state index contributed by atoms with van der Waals surface area (Å²) in [5.41, 5.74) is 0.998. The highest BCUT2D eigenvalue weighted by molar-refractivity contribution is 7.80. The Hall–Kier alpha value is -1.73. The number of carbonyl (C=O) groups is 1. The van der Waals surface area contributed by atoms with Crippen molar-refractivity contribution in [2.75, 3.05) is 45.8 Å². The lowest BCUT2D eigenvalue weighted by Gasteiger charge is -2.39. The van der Waals surface area contributed by atoms with Gasteiger partial charge < -0.3 is 15.1 Å². The Kier molecular flexibility index (Phi) is 7.24. The Morgan fingerprint density at radius 2 is 1.68 bits per heavy atom. The molecule has 2 saturated heterocycles. The van der Waals surface area contributed by atoms with Crippen molar-refractivity contribution in [2.45, 2.75) is 26.8 Å². The molecule has 28 heavy (non-hydrogen) atoms. The third-order valence-electron chi connectivity index (χ3n) is 5.60. The van der Waals surface area contributed by atoms with Crippen molar-refractivity contribution in [1.82, 2.24) is 20.0 Å². The predicted molar refractivity (Wildman–Crippen MR) is 113 cm³/mol. The van der Waals surface area contributed by atoms with Crippen molar-refractivity contribution in [1.29, 1.82) is 0 Å². The normalized spacial score (nSPS) is 23.5. The summed E-state index contributed by atoms with van der Waals surface area (Å²) in [4.78, 5) is 19.1. The van der Waals surface area contributed by atoms with Crippen LogP contribution >= 0.6 is 12.2 Å². The van der Waals surface area contributed by atoms with E-state index in [2.05, 4.69) is 29.0 Å². The van der Waals surface area contributed by atoms with E-state index in [1.54, 1.807) is 12.1 Å². The standard InChI is InChI=1S/C21H31FN4OS/c1-16-11-17(2)14-26(13-16)20(27)15-24-7-9-25(10-8-24)21(28)23-12-18-3-5-19(22)6-4-18/h3-6,16-17H,7-15H2,1-2H3,(H,23,28)/t16-,17+. The Morgan fingerprint density at radius 1 is 1.07 bits per heavy atom. The van der Waals surface area contributed by atoms with Crippen molar-refractivity contribution >= 4 is 23.2 Å². The molecular weight excluding hydrogens is 375 g/mol. The van der Waals surface area contributed by atoms with Crippen LogP contribution in [0.5, 0.6) is 0 Å². The quantitative estimate of drug-likeness (QED) is 0.777. The van der Waals surface area contributed by atoms with Gasteiger partial charge in [0.1, 0.15) is 5.82 Å². The fourth-order valence-corrected chi connectivity index (χ4v) is 4.41. The number of benzene rings is 1. The Bertz CT molecular complexity index is 665. The second-order valence-electron chi connectivity index (χ2n) is 8.29. The van der Waals surface area contributed by atoms with E-state index in [1.807, 2.05) is 4.90 Å². The lowest BCUT2D eigenvalue weighted by Crippen LogP contribution is -2.54. The van der Waals surface area contributed by atoms with E-state index in [0.717, 1.165) is 44.8 Å². The van der Waals surface area contributed by atoms with Crippen molar-refractivity contribution in [3.8, 4) is 0 Å². The van der Waals surface area contributed by atoms with Gasteiger partial charge in [0.15, 0.2) is 5.11 Å². The number of nitrogens with one attached hydrogen (secondary N) is 1. The molecule has 0 aliphatic carbocycles. The molecule has 5 nitrogen and oxygen atoms in total. The lowest BCUT2D eigenvalue weighted by atomic mass is 9.92. The SMILES string of the molecule is C[C@@H]1C[C@H](C)CN(C(=O)CN2CCN(C(=S)NCc3ccc(F)cc3)CC2)C1. The molecule has 1 aromatic rings. The number of amides is 1. The average Bonchev–Trinajstić information content (AvgIpc) is 2.67. The van der Waals surface area contributed by atoms with Gasteiger partial charge >= 0.3 is 0 Å². The molecule has 7 heteroatoms. The topological polar surface area (TPSA) is 38.8 Å². The minimum Gasteiger partial charge on any atom is -0.358 e. The molecule has 1 aromatic carbocycles. The summed E-state index contributed by atoms with van der Waals surface area (Å²) in [5, 5.41) is 3.96. The summed E-state index contributed by atoms with van der Waals surface area (Å²) in [7, 11) is 0. The average molecular weight is 407 g/mol. The maximum Gasteiger partial charge on any atom is 0.236 e. The minimum atomic E-state index is -0.231. The van der Waals surface area contributed by atoms with Crippen LogP contribution in [-0.2, 0) is 11.3 Å². The Morgan fingerprint density at radius 3 is 2.29 bits per heavy atom. The predicted octanol–water partition coefficient (Wildman–Crippen LogP) is 2.32. The first-order valence-corrected chi connectivity index (χ1v) is 10.6. The summed E-state index contributed by atoms with van der Waals surface area (Å²) in [5.74, 6) is 1.21. The summed E-state index contributed by atoms with van der Waals surface area (Å²) in [6.45, 7) is 10.6. The van der Waals surface area contributed by atoms with Gasteiger partial charge in [-0.1, -0.05) is 26.0 Å². The van der Waals surface area contributed by atoms with E-state index in [9.17, 15) is 9.18 Å². The highest BCUT2D eigenvalue weighted by atomic mass is 32.1. The molecule has 2 atom stereocenters. The van der Waals surface area contributed by atoms with E-state index in [0.29, 0.717) is 30.0 Å². The van der Waals surface area contributed by atoms with Crippen LogP contribution in [0.25, 0.3) is 0 Å². The molecule has 1 N–H and O–H groups in total. The van der Waals surface area contributed by atoms with Crippen molar-refractivity contribution in [3.63, 3.8) is 0 Å². The molecule has 2 fully saturated rings. The van der Waals surface area contributed by atoms with Gasteiger partial charge in [-0.2, -0.15) is 0 Å². The fraction of sp³-hybridized carbons (Fsp3) is 0.619. The van der Waals surface area contributed by atoms with Crippen molar-refractivity contribution < 1.29 is 9.18 Å². The van der Waals surface area contributed by atoms with Crippen LogP contribution in [-0.4, -0.2) is 71.5 Å². The van der Waals surface area contributed by atoms with Crippen LogP contribution < -0.4 is 5.32 Å². The number of hydrogen-bond donors (Lipinski definition) is 1. The van der Waals surface area contributed by atoms with E-state index in [4.69, 9.17) is 12.2 Å². The number of piperidine rings is 1. The highest BCUT2D eigenvalue weighted by Gasteiger charge is 2.27. The maximum absolute atomic E-state index is 13.0. The zero-order valence-corrected chi connectivity index (χ0v) is 17.7. The molecule has 0 aromatic heterocycles. The minimum absolute atomic E-state index is 0.231. The van der Waals surface area contributed by atoms with E-state index in [1.165, 1.54) is 18.6 Å². The number of thiocarbonyl (C=S) groups is 1. The molecule has 2 aliphatic rings. The first-order chi connectivity index (χ1) is 13.4. The van der Waals surface area contributed by atoms with Crippen LogP contribution in [0.2, 0.25) is 0 Å². The van der Waals surface area contributed by atoms with Crippen LogP contribution in [0.1, 0.15) is 25.8 Å². The van der Waals surface area contributed by atoms with Gasteiger partial charge in [0.25, 0.3) is 0 Å². The van der Waals surface area contributed by atoms with Crippen molar-refractivity contribution in [2.24, 2.45) is 11.8 Å². The number of likely N-dealkylation sites (tertiary alicyclic amines) is 1. The molecule has 0 saturated carbocycles. The molecule has 154 valence electrons. The third kappa shape index (κ3) is 5.88. The molecule has 0 bridgehead atoms. The van der Waals surface area contributed by atoms with Crippen LogP contribution in [0.4, 0.5) is 4.39 Å². The smallest absolute Gasteiger partial charge is 0.236 e. The lowest BCUT2D eigenvalue weighted by molar-refractivity contribution is -0.135. The zero-order valence-electron chi connectivity index (χ0n) is 16.9. The van der Waals surface area contributed by atoms with E-state index in [-0.39, 0.29) is 11.7 Å². The van der Waals surface area contributed by atoms with Gasteiger partial charge in [-0.15, -0.1) is 0 Å². The number of piperazine rings is 1. The Labute approximate surface area is 172 Å². The molecule has 3 rings (SSSR count). The first kappa shape index (κ1) is 21.0. The molecule has 0 unspecified atom stereocenters. The monoisotopic (exact) mass is 406 g/mol. The van der Waals surface area contributed by atoms with Crippen LogP contribution in [0.15, 0.2) is 24.3 Å². The molecule has 2 heterocycles.